The van der Waals surface area contributed by atoms with Crippen LogP contribution in [0.5, 0.6) is 0 Å². The summed E-state index contributed by atoms with van der Waals surface area (Å²) < 4.78 is 3.07. The van der Waals surface area contributed by atoms with E-state index in [1.54, 1.807) is 4.57 Å². The summed E-state index contributed by atoms with van der Waals surface area (Å²) in [5.74, 6) is 0.973. The van der Waals surface area contributed by atoms with Gasteiger partial charge in [-0.15, -0.1) is 0 Å². The Balaban J connectivity index is 2.42. The van der Waals surface area contributed by atoms with Crippen molar-refractivity contribution < 1.29 is 4.79 Å². The average molecular weight is 195 g/mol. The molecule has 2 heterocycles. The van der Waals surface area contributed by atoms with E-state index in [9.17, 15) is 9.59 Å². The van der Waals surface area contributed by atoms with E-state index in [4.69, 9.17) is 0 Å². The zero-order valence-electron chi connectivity index (χ0n) is 8.19. The molecule has 0 saturated carbocycles. The summed E-state index contributed by atoms with van der Waals surface area (Å²) in [6.07, 6.45) is 1.57. The minimum absolute atomic E-state index is 0.0859. The quantitative estimate of drug-likeness (QED) is 0.632. The third kappa shape index (κ3) is 1.38. The van der Waals surface area contributed by atoms with Gasteiger partial charge in [-0.2, -0.15) is 5.10 Å². The fraction of sp³-hybridized carbons (Fsp3) is 0.667. The van der Waals surface area contributed by atoms with E-state index in [0.717, 1.165) is 5.82 Å². The highest BCUT2D eigenvalue weighted by Crippen LogP contribution is 2.07. The summed E-state index contributed by atoms with van der Waals surface area (Å²) in [7, 11) is 0. The van der Waals surface area contributed by atoms with Gasteiger partial charge in [-0.05, 0) is 6.92 Å². The third-order valence-electron chi connectivity index (χ3n) is 2.54. The van der Waals surface area contributed by atoms with Crippen LogP contribution in [0.1, 0.15) is 25.6 Å². The molecule has 0 amide bonds. The van der Waals surface area contributed by atoms with Crippen LogP contribution in [0.25, 0.3) is 0 Å². The lowest BCUT2D eigenvalue weighted by Crippen LogP contribution is -2.25. The van der Waals surface area contributed by atoms with Gasteiger partial charge in [0, 0.05) is 32.4 Å². The van der Waals surface area contributed by atoms with Crippen LogP contribution < -0.4 is 5.69 Å². The molecule has 0 N–H and O–H groups in total. The number of aryl methyl sites for hydroxylation is 2. The molecule has 0 unspecified atom stereocenters. The van der Waals surface area contributed by atoms with Crippen LogP contribution in [0.3, 0.4) is 0 Å². The second-order valence-electron chi connectivity index (χ2n) is 3.45. The van der Waals surface area contributed by atoms with Gasteiger partial charge in [0.15, 0.2) is 0 Å². The zero-order chi connectivity index (χ0) is 10.1. The Morgan fingerprint density at radius 3 is 2.79 bits per heavy atom. The van der Waals surface area contributed by atoms with E-state index in [0.29, 0.717) is 32.4 Å². The summed E-state index contributed by atoms with van der Waals surface area (Å²) in [6.45, 7) is 2.97. The van der Waals surface area contributed by atoms with Crippen LogP contribution in [-0.4, -0.2) is 20.1 Å². The number of hydrogen-bond acceptors (Lipinski definition) is 3. The highest BCUT2D eigenvalue weighted by Gasteiger charge is 2.17. The Hall–Kier alpha value is -1.39. The molecule has 1 aliphatic heterocycles. The van der Waals surface area contributed by atoms with Gasteiger partial charge in [-0.3, -0.25) is 9.36 Å². The first-order valence-corrected chi connectivity index (χ1v) is 4.90. The van der Waals surface area contributed by atoms with Gasteiger partial charge in [0.2, 0.25) is 0 Å². The van der Waals surface area contributed by atoms with Crippen molar-refractivity contribution in [2.75, 3.05) is 0 Å². The van der Waals surface area contributed by atoms with Crippen molar-refractivity contribution in [1.82, 2.24) is 14.3 Å². The van der Waals surface area contributed by atoms with Crippen LogP contribution in [-0.2, 0) is 24.3 Å². The summed E-state index contributed by atoms with van der Waals surface area (Å²) in [6, 6.07) is 0. The Kier molecular flexibility index (Phi) is 2.23. The molecule has 0 spiro atoms. The molecule has 1 aromatic rings. The second-order valence-corrected chi connectivity index (χ2v) is 3.45. The smallest absolute Gasteiger partial charge is 0.300 e. The molecule has 0 bridgehead atoms. The van der Waals surface area contributed by atoms with Gasteiger partial charge in [0.05, 0.1) is 0 Å². The standard InChI is InChI=1S/C9H13N3O2/c1-2-12-9(14)11-6-5-7(13)3-4-8(11)10-12/h2-6H2,1H3. The molecule has 0 saturated heterocycles. The maximum Gasteiger partial charge on any atom is 0.345 e. The van der Waals surface area contributed by atoms with Gasteiger partial charge in [0.25, 0.3) is 0 Å². The largest absolute Gasteiger partial charge is 0.345 e. The molecular weight excluding hydrogens is 182 g/mol. The van der Waals surface area contributed by atoms with Gasteiger partial charge in [0.1, 0.15) is 11.6 Å². The number of hydrogen-bond donors (Lipinski definition) is 0. The maximum atomic E-state index is 11.7. The van der Waals surface area contributed by atoms with Gasteiger partial charge in [-0.1, -0.05) is 0 Å². The van der Waals surface area contributed by atoms with Crippen molar-refractivity contribution in [3.05, 3.63) is 16.3 Å². The molecule has 1 aromatic heterocycles. The summed E-state index contributed by atoms with van der Waals surface area (Å²) in [5.41, 5.74) is -0.0859. The summed E-state index contributed by atoms with van der Waals surface area (Å²) in [5, 5.41) is 4.18. The minimum Gasteiger partial charge on any atom is -0.300 e. The number of ketones is 1. The van der Waals surface area contributed by atoms with E-state index >= 15 is 0 Å². The number of carbonyl (C=O) groups is 1. The van der Waals surface area contributed by atoms with E-state index in [2.05, 4.69) is 5.10 Å². The molecule has 0 aromatic carbocycles. The van der Waals surface area contributed by atoms with Crippen LogP contribution in [0, 0.1) is 0 Å². The molecule has 0 aliphatic carbocycles. The molecule has 1 aliphatic rings. The summed E-state index contributed by atoms with van der Waals surface area (Å²) in [4.78, 5) is 22.8. The summed E-state index contributed by atoms with van der Waals surface area (Å²) >= 11 is 0. The topological polar surface area (TPSA) is 56.9 Å². The molecule has 5 nitrogen and oxygen atoms in total. The zero-order valence-corrected chi connectivity index (χ0v) is 8.19. The van der Waals surface area contributed by atoms with Crippen LogP contribution in [0.4, 0.5) is 0 Å². The Morgan fingerprint density at radius 1 is 1.29 bits per heavy atom. The van der Waals surface area contributed by atoms with Gasteiger partial charge >= 0.3 is 5.69 Å². The first kappa shape index (κ1) is 9.18. The number of rotatable bonds is 1. The Bertz CT molecular complexity index is 416. The third-order valence-corrected chi connectivity index (χ3v) is 2.54. The minimum atomic E-state index is -0.0859. The van der Waals surface area contributed by atoms with E-state index in [-0.39, 0.29) is 11.5 Å². The molecule has 76 valence electrons. The number of fused-ring (bicyclic) bond motifs is 1. The first-order chi connectivity index (χ1) is 6.72. The number of carbonyl (C=O) groups excluding carboxylic acids is 1. The van der Waals surface area contributed by atoms with Crippen molar-refractivity contribution >= 4 is 5.78 Å². The van der Waals surface area contributed by atoms with Gasteiger partial charge < -0.3 is 0 Å². The maximum absolute atomic E-state index is 11.7. The lowest BCUT2D eigenvalue weighted by molar-refractivity contribution is -0.119. The van der Waals surface area contributed by atoms with Crippen LogP contribution in [0.2, 0.25) is 0 Å². The predicted molar refractivity (Wildman–Crippen MR) is 50.1 cm³/mol. The SMILES string of the molecule is CCn1nc2n(c1=O)CCC(=O)CC2. The molecular formula is C9H13N3O2. The van der Waals surface area contributed by atoms with E-state index in [1.165, 1.54) is 4.68 Å². The van der Waals surface area contributed by atoms with E-state index in [1.807, 2.05) is 6.92 Å². The Morgan fingerprint density at radius 2 is 2.07 bits per heavy atom. The molecule has 0 radical (unpaired) electrons. The first-order valence-electron chi connectivity index (χ1n) is 4.90. The molecule has 5 heteroatoms. The van der Waals surface area contributed by atoms with Crippen molar-refractivity contribution in [3.63, 3.8) is 0 Å². The number of nitrogens with zero attached hydrogens (tertiary/aromatic N) is 3. The van der Waals surface area contributed by atoms with Crippen molar-refractivity contribution in [2.45, 2.75) is 39.3 Å². The molecule has 14 heavy (non-hydrogen) atoms. The number of aromatic nitrogens is 3. The van der Waals surface area contributed by atoms with E-state index < -0.39 is 0 Å². The molecule has 0 fully saturated rings. The van der Waals surface area contributed by atoms with Crippen molar-refractivity contribution in [3.8, 4) is 0 Å². The molecule has 2 rings (SSSR count). The average Bonchev–Trinajstić information content (AvgIpc) is 2.36. The van der Waals surface area contributed by atoms with Crippen molar-refractivity contribution in [2.24, 2.45) is 0 Å². The fourth-order valence-electron chi connectivity index (χ4n) is 1.71. The normalized spacial score (nSPS) is 16.5. The van der Waals surface area contributed by atoms with Crippen LogP contribution >= 0.6 is 0 Å². The predicted octanol–water partition coefficient (Wildman–Crippen LogP) is -0.0299. The molecule has 0 atom stereocenters. The monoisotopic (exact) mass is 195 g/mol. The van der Waals surface area contributed by atoms with Crippen LogP contribution in [0.15, 0.2) is 4.79 Å². The highest BCUT2D eigenvalue weighted by molar-refractivity contribution is 5.78. The van der Waals surface area contributed by atoms with Gasteiger partial charge in [-0.25, -0.2) is 9.48 Å². The highest BCUT2D eigenvalue weighted by atomic mass is 16.2. The Labute approximate surface area is 81.3 Å². The number of Topliss-reactive ketones (excluding diaryl/α,β-unsaturated/α-hetero) is 1. The fourth-order valence-corrected chi connectivity index (χ4v) is 1.71. The second kappa shape index (κ2) is 3.40. The lowest BCUT2D eigenvalue weighted by atomic mass is 10.2. The van der Waals surface area contributed by atoms with Crippen molar-refractivity contribution in [1.29, 1.82) is 0 Å². The lowest BCUT2D eigenvalue weighted by Gasteiger charge is -1.96.